The first-order valence-electron chi connectivity index (χ1n) is 5.99. The molecule has 6 heteroatoms. The highest BCUT2D eigenvalue weighted by Gasteiger charge is 2.17. The SMILES string of the molecule is CCCC[C@H](NC(=O)/C=C/c1ccc(Br)o1)C(=O)O. The zero-order chi connectivity index (χ0) is 14.3. The second kappa shape index (κ2) is 7.78. The molecule has 0 aromatic carbocycles. The highest BCUT2D eigenvalue weighted by molar-refractivity contribution is 9.10. The first-order valence-corrected chi connectivity index (χ1v) is 6.79. The minimum Gasteiger partial charge on any atom is -0.480 e. The quantitative estimate of drug-likeness (QED) is 0.754. The lowest BCUT2D eigenvalue weighted by Gasteiger charge is -2.12. The van der Waals surface area contributed by atoms with Gasteiger partial charge in [0.05, 0.1) is 0 Å². The van der Waals surface area contributed by atoms with Gasteiger partial charge in [-0.25, -0.2) is 4.79 Å². The molecule has 1 aromatic heterocycles. The normalized spacial score (nSPS) is 12.5. The molecule has 0 radical (unpaired) electrons. The number of furan rings is 1. The van der Waals surface area contributed by atoms with E-state index in [1.54, 1.807) is 12.1 Å². The third-order valence-electron chi connectivity index (χ3n) is 2.45. The Morgan fingerprint density at radius 2 is 2.26 bits per heavy atom. The van der Waals surface area contributed by atoms with Crippen LogP contribution in [0.4, 0.5) is 0 Å². The lowest BCUT2D eigenvalue weighted by atomic mass is 10.1. The molecule has 1 atom stereocenters. The maximum absolute atomic E-state index is 11.6. The minimum atomic E-state index is -1.02. The molecule has 0 aliphatic carbocycles. The fourth-order valence-corrected chi connectivity index (χ4v) is 1.78. The summed E-state index contributed by atoms with van der Waals surface area (Å²) in [5.41, 5.74) is 0. The highest BCUT2D eigenvalue weighted by atomic mass is 79.9. The van der Waals surface area contributed by atoms with Gasteiger partial charge >= 0.3 is 5.97 Å². The third-order valence-corrected chi connectivity index (χ3v) is 2.88. The highest BCUT2D eigenvalue weighted by Crippen LogP contribution is 2.14. The summed E-state index contributed by atoms with van der Waals surface area (Å²) in [4.78, 5) is 22.5. The van der Waals surface area contributed by atoms with Crippen molar-refractivity contribution in [3.05, 3.63) is 28.6 Å². The van der Waals surface area contributed by atoms with E-state index in [1.165, 1.54) is 12.2 Å². The van der Waals surface area contributed by atoms with Gasteiger partial charge in [0, 0.05) is 6.08 Å². The lowest BCUT2D eigenvalue weighted by molar-refractivity contribution is -0.141. The Morgan fingerprint density at radius 1 is 1.53 bits per heavy atom. The Morgan fingerprint density at radius 3 is 2.79 bits per heavy atom. The number of hydrogen-bond acceptors (Lipinski definition) is 3. The average molecular weight is 330 g/mol. The number of halogens is 1. The summed E-state index contributed by atoms with van der Waals surface area (Å²) in [6, 6.07) is 2.55. The summed E-state index contributed by atoms with van der Waals surface area (Å²) in [5, 5.41) is 11.4. The number of nitrogens with one attached hydrogen (secondary N) is 1. The van der Waals surface area contributed by atoms with E-state index < -0.39 is 17.9 Å². The van der Waals surface area contributed by atoms with Crippen LogP contribution in [0.5, 0.6) is 0 Å². The number of carbonyl (C=O) groups excluding carboxylic acids is 1. The molecule has 5 nitrogen and oxygen atoms in total. The van der Waals surface area contributed by atoms with Gasteiger partial charge < -0.3 is 14.8 Å². The van der Waals surface area contributed by atoms with Crippen molar-refractivity contribution in [1.82, 2.24) is 5.32 Å². The molecule has 2 N–H and O–H groups in total. The Bertz CT molecular complexity index is 467. The molecule has 1 rings (SSSR count). The van der Waals surface area contributed by atoms with Crippen molar-refractivity contribution in [2.75, 3.05) is 0 Å². The van der Waals surface area contributed by atoms with Crippen LogP contribution in [0.25, 0.3) is 6.08 Å². The van der Waals surface area contributed by atoms with Crippen LogP contribution in [-0.2, 0) is 9.59 Å². The molecule has 0 saturated carbocycles. The summed E-state index contributed by atoms with van der Waals surface area (Å²) >= 11 is 3.15. The number of carbonyl (C=O) groups is 2. The Balaban J connectivity index is 2.52. The van der Waals surface area contributed by atoms with Crippen LogP contribution >= 0.6 is 15.9 Å². The molecule has 1 amide bonds. The lowest BCUT2D eigenvalue weighted by Crippen LogP contribution is -2.39. The van der Waals surface area contributed by atoms with Crippen molar-refractivity contribution in [3.63, 3.8) is 0 Å². The molecule has 1 heterocycles. The van der Waals surface area contributed by atoms with Crippen molar-refractivity contribution < 1.29 is 19.1 Å². The van der Waals surface area contributed by atoms with Gasteiger partial charge in [-0.3, -0.25) is 4.79 Å². The van der Waals surface area contributed by atoms with E-state index in [0.29, 0.717) is 16.9 Å². The molecule has 104 valence electrons. The molecule has 0 aliphatic heterocycles. The number of carboxylic acids is 1. The molecular formula is C13H16BrNO4. The van der Waals surface area contributed by atoms with Crippen LogP contribution in [0.2, 0.25) is 0 Å². The first kappa shape index (κ1) is 15.5. The first-order chi connectivity index (χ1) is 9.02. The van der Waals surface area contributed by atoms with Crippen LogP contribution in [0.3, 0.4) is 0 Å². The molecule has 0 fully saturated rings. The van der Waals surface area contributed by atoms with E-state index in [2.05, 4.69) is 21.2 Å². The summed E-state index contributed by atoms with van der Waals surface area (Å²) in [6.07, 6.45) is 4.81. The van der Waals surface area contributed by atoms with E-state index in [-0.39, 0.29) is 0 Å². The van der Waals surface area contributed by atoms with Crippen LogP contribution in [0, 0.1) is 0 Å². The Kier molecular flexibility index (Phi) is 6.35. The second-order valence-electron chi connectivity index (χ2n) is 4.02. The summed E-state index contributed by atoms with van der Waals surface area (Å²) in [6.45, 7) is 1.97. The topological polar surface area (TPSA) is 79.5 Å². The molecule has 0 aliphatic rings. The molecule has 19 heavy (non-hydrogen) atoms. The van der Waals surface area contributed by atoms with Crippen molar-refractivity contribution >= 4 is 33.9 Å². The molecule has 0 spiro atoms. The fraction of sp³-hybridized carbons (Fsp3) is 0.385. The minimum absolute atomic E-state index is 0.428. The number of unbranched alkanes of at least 4 members (excludes halogenated alkanes) is 1. The summed E-state index contributed by atoms with van der Waals surface area (Å²) in [7, 11) is 0. The van der Waals surface area contributed by atoms with E-state index in [4.69, 9.17) is 9.52 Å². The van der Waals surface area contributed by atoms with E-state index >= 15 is 0 Å². The molecule has 1 aromatic rings. The number of amides is 1. The van der Waals surface area contributed by atoms with Crippen LogP contribution in [0.1, 0.15) is 31.9 Å². The van der Waals surface area contributed by atoms with Crippen LogP contribution in [0.15, 0.2) is 27.3 Å². The predicted octanol–water partition coefficient (Wildman–Crippen LogP) is 2.81. The molecule has 0 saturated heterocycles. The van der Waals surface area contributed by atoms with E-state index in [9.17, 15) is 9.59 Å². The third kappa shape index (κ3) is 5.74. The summed E-state index contributed by atoms with van der Waals surface area (Å²) < 4.78 is 5.75. The van der Waals surface area contributed by atoms with Gasteiger partial charge in [-0.15, -0.1) is 0 Å². The van der Waals surface area contributed by atoms with Gasteiger partial charge in [-0.2, -0.15) is 0 Å². The smallest absolute Gasteiger partial charge is 0.326 e. The van der Waals surface area contributed by atoms with Gasteiger partial charge in [-0.05, 0) is 40.6 Å². The van der Waals surface area contributed by atoms with Crippen molar-refractivity contribution in [1.29, 1.82) is 0 Å². The van der Waals surface area contributed by atoms with Crippen molar-refractivity contribution in [2.24, 2.45) is 0 Å². The van der Waals surface area contributed by atoms with Gasteiger partial charge in [-0.1, -0.05) is 19.8 Å². The largest absolute Gasteiger partial charge is 0.480 e. The maximum atomic E-state index is 11.6. The maximum Gasteiger partial charge on any atom is 0.326 e. The van der Waals surface area contributed by atoms with Gasteiger partial charge in [0.1, 0.15) is 11.8 Å². The fourth-order valence-electron chi connectivity index (χ4n) is 1.46. The summed E-state index contributed by atoms with van der Waals surface area (Å²) in [5.74, 6) is -0.950. The van der Waals surface area contributed by atoms with Crippen molar-refractivity contribution in [2.45, 2.75) is 32.2 Å². The Hall–Kier alpha value is -1.56. The Labute approximate surface area is 119 Å². The van der Waals surface area contributed by atoms with Crippen LogP contribution < -0.4 is 5.32 Å². The van der Waals surface area contributed by atoms with Gasteiger partial charge in [0.25, 0.3) is 0 Å². The molecule has 0 bridgehead atoms. The van der Waals surface area contributed by atoms with E-state index in [1.807, 2.05) is 6.92 Å². The predicted molar refractivity (Wildman–Crippen MR) is 74.5 cm³/mol. The van der Waals surface area contributed by atoms with Crippen LogP contribution in [-0.4, -0.2) is 23.0 Å². The zero-order valence-electron chi connectivity index (χ0n) is 10.6. The number of rotatable bonds is 7. The zero-order valence-corrected chi connectivity index (χ0v) is 12.1. The standard InChI is InChI=1S/C13H16BrNO4/c1-2-3-4-10(13(17)18)15-12(16)8-6-9-5-7-11(14)19-9/h5-8,10H,2-4H2,1H3,(H,15,16)(H,17,18)/b8-6+/t10-/m0/s1. The monoisotopic (exact) mass is 329 g/mol. The number of aliphatic carboxylic acids is 1. The number of carboxylic acid groups (broad SMARTS) is 1. The van der Waals surface area contributed by atoms with Crippen molar-refractivity contribution in [3.8, 4) is 0 Å². The van der Waals surface area contributed by atoms with Gasteiger partial charge in [0.2, 0.25) is 5.91 Å². The number of hydrogen-bond donors (Lipinski definition) is 2. The average Bonchev–Trinajstić information content (AvgIpc) is 2.77. The molecular weight excluding hydrogens is 314 g/mol. The van der Waals surface area contributed by atoms with Gasteiger partial charge in [0.15, 0.2) is 4.67 Å². The second-order valence-corrected chi connectivity index (χ2v) is 4.80. The molecule has 0 unspecified atom stereocenters. The van der Waals surface area contributed by atoms with E-state index in [0.717, 1.165) is 12.8 Å².